The predicted octanol–water partition coefficient (Wildman–Crippen LogP) is 4.06. The molecule has 3 aromatic rings. The van der Waals surface area contributed by atoms with Crippen molar-refractivity contribution in [2.75, 3.05) is 0 Å². The van der Waals surface area contributed by atoms with Gasteiger partial charge in [0.1, 0.15) is 5.54 Å². The number of thiophene rings is 2. The molecule has 0 fully saturated rings. The van der Waals surface area contributed by atoms with Crippen molar-refractivity contribution in [1.29, 1.82) is 0 Å². The highest BCUT2D eigenvalue weighted by molar-refractivity contribution is 7.11. The van der Waals surface area contributed by atoms with Crippen LogP contribution in [0.15, 0.2) is 65.4 Å². The lowest BCUT2D eigenvalue weighted by Crippen LogP contribution is -2.37. The molecule has 0 aliphatic rings. The van der Waals surface area contributed by atoms with E-state index in [9.17, 15) is 0 Å². The molecule has 90 valence electrons. The van der Waals surface area contributed by atoms with E-state index in [-0.39, 0.29) is 0 Å². The van der Waals surface area contributed by atoms with Crippen LogP contribution in [0, 0.1) is 0 Å². The summed E-state index contributed by atoms with van der Waals surface area (Å²) in [5, 5.41) is 4.15. The van der Waals surface area contributed by atoms with Gasteiger partial charge in [-0.3, -0.25) is 0 Å². The van der Waals surface area contributed by atoms with Crippen LogP contribution in [0.3, 0.4) is 0 Å². The first-order chi connectivity index (χ1) is 8.82. The zero-order valence-electron chi connectivity index (χ0n) is 9.74. The minimum Gasteiger partial charge on any atom is -0.313 e. The van der Waals surface area contributed by atoms with Gasteiger partial charge < -0.3 is 5.73 Å². The Morgan fingerprint density at radius 3 is 1.72 bits per heavy atom. The van der Waals surface area contributed by atoms with Crippen molar-refractivity contribution in [3.63, 3.8) is 0 Å². The number of hydrogen-bond donors (Lipinski definition) is 1. The molecule has 0 saturated heterocycles. The second-order valence-corrected chi connectivity index (χ2v) is 6.02. The van der Waals surface area contributed by atoms with Crippen molar-refractivity contribution in [2.24, 2.45) is 5.73 Å². The summed E-state index contributed by atoms with van der Waals surface area (Å²) in [6, 6.07) is 18.6. The molecule has 2 N–H and O–H groups in total. The highest BCUT2D eigenvalue weighted by atomic mass is 32.1. The maximum Gasteiger partial charge on any atom is 0.111 e. The molecule has 0 spiro atoms. The monoisotopic (exact) mass is 271 g/mol. The molecule has 3 heteroatoms. The van der Waals surface area contributed by atoms with E-state index in [1.807, 2.05) is 18.2 Å². The first-order valence-corrected chi connectivity index (χ1v) is 7.50. The summed E-state index contributed by atoms with van der Waals surface area (Å²) >= 11 is 3.41. The third-order valence-corrected chi connectivity index (χ3v) is 5.06. The molecule has 1 nitrogen and oxygen atoms in total. The second kappa shape index (κ2) is 4.69. The van der Waals surface area contributed by atoms with Crippen molar-refractivity contribution in [1.82, 2.24) is 0 Å². The molecule has 0 aliphatic carbocycles. The number of benzene rings is 1. The van der Waals surface area contributed by atoms with E-state index in [1.54, 1.807) is 22.7 Å². The molecule has 0 unspecified atom stereocenters. The van der Waals surface area contributed by atoms with E-state index in [0.29, 0.717) is 0 Å². The van der Waals surface area contributed by atoms with Gasteiger partial charge in [-0.15, -0.1) is 22.7 Å². The summed E-state index contributed by atoms with van der Waals surface area (Å²) in [5.74, 6) is 0. The topological polar surface area (TPSA) is 26.0 Å². The fourth-order valence-electron chi connectivity index (χ4n) is 2.11. The molecule has 1 aromatic carbocycles. The Balaban J connectivity index is 2.22. The average molecular weight is 271 g/mol. The third-order valence-electron chi connectivity index (χ3n) is 3.05. The quantitative estimate of drug-likeness (QED) is 0.764. The van der Waals surface area contributed by atoms with E-state index >= 15 is 0 Å². The van der Waals surface area contributed by atoms with Gasteiger partial charge in [-0.2, -0.15) is 0 Å². The summed E-state index contributed by atoms with van der Waals surface area (Å²) in [5.41, 5.74) is 7.38. The van der Waals surface area contributed by atoms with Crippen LogP contribution in [0.2, 0.25) is 0 Å². The first kappa shape index (κ1) is 11.7. The Hall–Kier alpha value is -1.42. The lowest BCUT2D eigenvalue weighted by Gasteiger charge is -2.28. The fourth-order valence-corrected chi connectivity index (χ4v) is 3.93. The van der Waals surface area contributed by atoms with E-state index in [1.165, 1.54) is 9.75 Å². The summed E-state index contributed by atoms with van der Waals surface area (Å²) in [4.78, 5) is 2.35. The first-order valence-electron chi connectivity index (χ1n) is 5.74. The van der Waals surface area contributed by atoms with Crippen LogP contribution in [-0.2, 0) is 5.54 Å². The van der Waals surface area contributed by atoms with E-state index in [0.717, 1.165) is 5.56 Å². The molecule has 0 radical (unpaired) electrons. The van der Waals surface area contributed by atoms with Gasteiger partial charge in [0.05, 0.1) is 0 Å². The SMILES string of the molecule is NC(c1ccccc1)(c1cccs1)c1cccs1. The standard InChI is InChI=1S/C15H13NS2/c16-15(13-8-4-10-17-13,14-9-5-11-18-14)12-6-2-1-3-7-12/h1-11H,16H2. The number of nitrogens with two attached hydrogens (primary N) is 1. The molecular weight excluding hydrogens is 258 g/mol. The summed E-state index contributed by atoms with van der Waals surface area (Å²) < 4.78 is 0. The second-order valence-electron chi connectivity index (χ2n) is 4.13. The van der Waals surface area contributed by atoms with Crippen LogP contribution in [0.4, 0.5) is 0 Å². The van der Waals surface area contributed by atoms with Crippen molar-refractivity contribution >= 4 is 22.7 Å². The minimum absolute atomic E-state index is 0.524. The van der Waals surface area contributed by atoms with Crippen LogP contribution < -0.4 is 5.73 Å². The molecule has 0 saturated carbocycles. The van der Waals surface area contributed by atoms with Crippen molar-refractivity contribution in [3.8, 4) is 0 Å². The maximum atomic E-state index is 6.77. The van der Waals surface area contributed by atoms with Gasteiger partial charge in [-0.05, 0) is 28.5 Å². The maximum absolute atomic E-state index is 6.77. The van der Waals surface area contributed by atoms with Crippen LogP contribution in [0.25, 0.3) is 0 Å². The average Bonchev–Trinajstić information content (AvgIpc) is 3.12. The molecule has 0 amide bonds. The van der Waals surface area contributed by atoms with Gasteiger partial charge in [0.25, 0.3) is 0 Å². The van der Waals surface area contributed by atoms with Crippen molar-refractivity contribution in [2.45, 2.75) is 5.54 Å². The normalized spacial score (nSPS) is 11.6. The van der Waals surface area contributed by atoms with Gasteiger partial charge in [0.15, 0.2) is 0 Å². The minimum atomic E-state index is -0.524. The van der Waals surface area contributed by atoms with Gasteiger partial charge in [0.2, 0.25) is 0 Å². The van der Waals surface area contributed by atoms with Gasteiger partial charge in [-0.1, -0.05) is 42.5 Å². The summed E-state index contributed by atoms with van der Waals surface area (Å²) in [6.07, 6.45) is 0. The molecule has 3 rings (SSSR count). The molecule has 0 atom stereocenters. The lowest BCUT2D eigenvalue weighted by atomic mass is 9.88. The highest BCUT2D eigenvalue weighted by Crippen LogP contribution is 2.38. The Bertz CT molecular complexity index is 563. The van der Waals surface area contributed by atoms with Crippen LogP contribution >= 0.6 is 22.7 Å². The van der Waals surface area contributed by atoms with Gasteiger partial charge in [-0.25, -0.2) is 0 Å². The van der Waals surface area contributed by atoms with E-state index < -0.39 is 5.54 Å². The summed E-state index contributed by atoms with van der Waals surface area (Å²) in [6.45, 7) is 0. The third kappa shape index (κ3) is 1.81. The van der Waals surface area contributed by atoms with Gasteiger partial charge >= 0.3 is 0 Å². The smallest absolute Gasteiger partial charge is 0.111 e. The van der Waals surface area contributed by atoms with Gasteiger partial charge in [0, 0.05) is 9.75 Å². The Labute approximate surface area is 115 Å². The number of hydrogen-bond acceptors (Lipinski definition) is 3. The zero-order chi connectivity index (χ0) is 12.4. The molecule has 2 aromatic heterocycles. The molecule has 2 heterocycles. The van der Waals surface area contributed by atoms with Crippen molar-refractivity contribution in [3.05, 3.63) is 80.7 Å². The Morgan fingerprint density at radius 1 is 0.722 bits per heavy atom. The number of rotatable bonds is 3. The Kier molecular flexibility index (Phi) is 3.04. The van der Waals surface area contributed by atoms with Crippen LogP contribution in [0.5, 0.6) is 0 Å². The van der Waals surface area contributed by atoms with Crippen LogP contribution in [0.1, 0.15) is 15.3 Å². The van der Waals surface area contributed by atoms with Crippen molar-refractivity contribution < 1.29 is 0 Å². The fraction of sp³-hybridized carbons (Fsp3) is 0.0667. The highest BCUT2D eigenvalue weighted by Gasteiger charge is 2.33. The molecule has 0 aliphatic heterocycles. The molecule has 18 heavy (non-hydrogen) atoms. The van der Waals surface area contributed by atoms with Crippen LogP contribution in [-0.4, -0.2) is 0 Å². The molecular formula is C15H13NS2. The molecule has 0 bridgehead atoms. The zero-order valence-corrected chi connectivity index (χ0v) is 11.4. The predicted molar refractivity (Wildman–Crippen MR) is 79.1 cm³/mol. The largest absolute Gasteiger partial charge is 0.313 e. The van der Waals surface area contributed by atoms with E-state index in [4.69, 9.17) is 5.73 Å². The lowest BCUT2D eigenvalue weighted by molar-refractivity contribution is 0.683. The summed E-state index contributed by atoms with van der Waals surface area (Å²) in [7, 11) is 0. The van der Waals surface area contributed by atoms with E-state index in [2.05, 4.69) is 47.2 Å². The Morgan fingerprint density at radius 2 is 1.28 bits per heavy atom.